The van der Waals surface area contributed by atoms with Crippen molar-refractivity contribution in [3.05, 3.63) is 28.8 Å². The lowest BCUT2D eigenvalue weighted by atomic mass is 10.2. The molecule has 0 unspecified atom stereocenters. The maximum absolute atomic E-state index is 11.4. The Morgan fingerprint density at radius 3 is 2.74 bits per heavy atom. The van der Waals surface area contributed by atoms with Crippen molar-refractivity contribution in [3.8, 4) is 5.75 Å². The van der Waals surface area contributed by atoms with Crippen molar-refractivity contribution in [3.63, 3.8) is 0 Å². The van der Waals surface area contributed by atoms with Gasteiger partial charge >= 0.3 is 5.97 Å². The Labute approximate surface area is 118 Å². The van der Waals surface area contributed by atoms with Gasteiger partial charge in [-0.2, -0.15) is 0 Å². The van der Waals surface area contributed by atoms with Gasteiger partial charge in [0.1, 0.15) is 12.4 Å². The van der Waals surface area contributed by atoms with Gasteiger partial charge < -0.3 is 14.2 Å². The molecule has 19 heavy (non-hydrogen) atoms. The predicted octanol–water partition coefficient (Wildman–Crippen LogP) is 3.00. The highest BCUT2D eigenvalue weighted by molar-refractivity contribution is 6.30. The minimum absolute atomic E-state index is 0.115. The Hall–Kier alpha value is -1.26. The molecule has 0 aliphatic rings. The topological polar surface area (TPSA) is 44.8 Å². The fraction of sp³-hybridized carbons (Fsp3) is 0.500. The molecule has 0 atom stereocenters. The molecule has 5 heteroatoms. The fourth-order valence-electron chi connectivity index (χ4n) is 1.41. The summed E-state index contributed by atoms with van der Waals surface area (Å²) in [5.74, 6) is 0.220. The number of carbonyl (C=O) groups is 1. The first-order valence-corrected chi connectivity index (χ1v) is 6.63. The molecule has 1 aromatic carbocycles. The van der Waals surface area contributed by atoms with E-state index in [4.69, 9.17) is 25.8 Å². The average Bonchev–Trinajstić information content (AvgIpc) is 2.37. The van der Waals surface area contributed by atoms with Gasteiger partial charge in [0.2, 0.25) is 0 Å². The molecule has 1 rings (SSSR count). The Balaban J connectivity index is 2.22. The molecule has 1 aromatic rings. The fourth-order valence-corrected chi connectivity index (χ4v) is 1.64. The molecule has 0 N–H and O–H groups in total. The van der Waals surface area contributed by atoms with Gasteiger partial charge in [0.25, 0.3) is 0 Å². The summed E-state index contributed by atoms with van der Waals surface area (Å²) in [6, 6.07) is 5.23. The van der Waals surface area contributed by atoms with Crippen LogP contribution in [-0.4, -0.2) is 32.4 Å². The second kappa shape index (κ2) is 8.77. The van der Waals surface area contributed by atoms with E-state index in [0.29, 0.717) is 24.0 Å². The first kappa shape index (κ1) is 15.8. The number of rotatable bonds is 8. The summed E-state index contributed by atoms with van der Waals surface area (Å²) in [4.78, 5) is 11.4. The van der Waals surface area contributed by atoms with Crippen LogP contribution in [0.2, 0.25) is 5.02 Å². The summed E-state index contributed by atoms with van der Waals surface area (Å²) in [5.41, 5.74) is 0.881. The molecular formula is C14H19ClO4. The molecule has 0 spiro atoms. The highest BCUT2D eigenvalue weighted by Crippen LogP contribution is 2.21. The second-order valence-electron chi connectivity index (χ2n) is 4.03. The first-order chi connectivity index (χ1) is 9.13. The van der Waals surface area contributed by atoms with Crippen LogP contribution >= 0.6 is 11.6 Å². The normalized spacial score (nSPS) is 10.3. The van der Waals surface area contributed by atoms with Gasteiger partial charge in [-0.1, -0.05) is 18.5 Å². The van der Waals surface area contributed by atoms with Gasteiger partial charge in [0, 0.05) is 11.6 Å². The molecule has 0 bridgehead atoms. The lowest BCUT2D eigenvalue weighted by Gasteiger charge is -2.09. The number of esters is 1. The van der Waals surface area contributed by atoms with Crippen LogP contribution < -0.4 is 4.74 Å². The Morgan fingerprint density at radius 1 is 1.26 bits per heavy atom. The van der Waals surface area contributed by atoms with Gasteiger partial charge in [-0.25, -0.2) is 4.79 Å². The molecule has 0 radical (unpaired) electrons. The molecule has 106 valence electrons. The van der Waals surface area contributed by atoms with E-state index in [9.17, 15) is 4.79 Å². The van der Waals surface area contributed by atoms with Gasteiger partial charge in [-0.15, -0.1) is 0 Å². The van der Waals surface area contributed by atoms with Crippen LogP contribution in [0.3, 0.4) is 0 Å². The lowest BCUT2D eigenvalue weighted by Crippen LogP contribution is -2.18. The van der Waals surface area contributed by atoms with Gasteiger partial charge in [0.15, 0.2) is 6.61 Å². The van der Waals surface area contributed by atoms with Crippen LogP contribution in [0.5, 0.6) is 5.75 Å². The van der Waals surface area contributed by atoms with Gasteiger partial charge in [0.05, 0.1) is 6.61 Å². The standard InChI is InChI=1S/C14H19ClO4/c1-3-6-17-7-8-18-14(16)10-19-13-5-4-12(15)9-11(13)2/h4-5,9H,3,6-8,10H2,1-2H3. The van der Waals surface area contributed by atoms with Crippen molar-refractivity contribution < 1.29 is 19.0 Å². The van der Waals surface area contributed by atoms with Crippen LogP contribution in [0.4, 0.5) is 0 Å². The molecule has 4 nitrogen and oxygen atoms in total. The average molecular weight is 287 g/mol. The SMILES string of the molecule is CCCOCCOC(=O)COc1ccc(Cl)cc1C. The van der Waals surface area contributed by atoms with Gasteiger partial charge in [-0.3, -0.25) is 0 Å². The molecule has 0 saturated heterocycles. The van der Waals surface area contributed by atoms with Crippen molar-refractivity contribution in [2.24, 2.45) is 0 Å². The van der Waals surface area contributed by atoms with E-state index < -0.39 is 5.97 Å². The molecule has 0 aliphatic heterocycles. The highest BCUT2D eigenvalue weighted by atomic mass is 35.5. The first-order valence-electron chi connectivity index (χ1n) is 6.25. The Bertz CT molecular complexity index is 406. The quantitative estimate of drug-likeness (QED) is 0.544. The van der Waals surface area contributed by atoms with Crippen molar-refractivity contribution in [2.75, 3.05) is 26.4 Å². The number of benzene rings is 1. The Kier molecular flexibility index (Phi) is 7.30. The summed E-state index contributed by atoms with van der Waals surface area (Å²) in [6.07, 6.45) is 0.951. The Morgan fingerprint density at radius 2 is 2.05 bits per heavy atom. The van der Waals surface area contributed by atoms with Crippen molar-refractivity contribution in [1.29, 1.82) is 0 Å². The summed E-state index contributed by atoms with van der Waals surface area (Å²) in [5, 5.41) is 0.639. The van der Waals surface area contributed by atoms with Crippen molar-refractivity contribution >= 4 is 17.6 Å². The third kappa shape index (κ3) is 6.45. The highest BCUT2D eigenvalue weighted by Gasteiger charge is 2.06. The zero-order valence-electron chi connectivity index (χ0n) is 11.3. The van der Waals surface area contributed by atoms with Crippen LogP contribution in [0, 0.1) is 6.92 Å². The predicted molar refractivity (Wildman–Crippen MR) is 73.8 cm³/mol. The van der Waals surface area contributed by atoms with E-state index in [1.807, 2.05) is 13.8 Å². The summed E-state index contributed by atoms with van der Waals surface area (Å²) in [7, 11) is 0. The number of carbonyl (C=O) groups excluding carboxylic acids is 1. The second-order valence-corrected chi connectivity index (χ2v) is 4.47. The smallest absolute Gasteiger partial charge is 0.344 e. The number of aryl methyl sites for hydroxylation is 1. The van der Waals surface area contributed by atoms with E-state index in [0.717, 1.165) is 12.0 Å². The lowest BCUT2D eigenvalue weighted by molar-refractivity contribution is -0.147. The van der Waals surface area contributed by atoms with E-state index in [-0.39, 0.29) is 13.2 Å². The van der Waals surface area contributed by atoms with Crippen molar-refractivity contribution in [2.45, 2.75) is 20.3 Å². The minimum atomic E-state index is -0.408. The molecule has 0 aliphatic carbocycles. The number of hydrogen-bond donors (Lipinski definition) is 0. The molecule has 0 saturated carbocycles. The maximum atomic E-state index is 11.4. The third-order valence-corrected chi connectivity index (χ3v) is 2.56. The summed E-state index contributed by atoms with van der Waals surface area (Å²) < 4.78 is 15.5. The largest absolute Gasteiger partial charge is 0.482 e. The zero-order chi connectivity index (χ0) is 14.1. The van der Waals surface area contributed by atoms with E-state index in [1.165, 1.54) is 0 Å². The molecule has 0 fully saturated rings. The zero-order valence-corrected chi connectivity index (χ0v) is 12.0. The molecule has 0 heterocycles. The number of hydrogen-bond acceptors (Lipinski definition) is 4. The molecule has 0 amide bonds. The minimum Gasteiger partial charge on any atom is -0.482 e. The molecular weight excluding hydrogens is 268 g/mol. The van der Waals surface area contributed by atoms with Gasteiger partial charge in [-0.05, 0) is 37.1 Å². The maximum Gasteiger partial charge on any atom is 0.344 e. The monoisotopic (exact) mass is 286 g/mol. The van der Waals surface area contributed by atoms with Crippen LogP contribution in [0.1, 0.15) is 18.9 Å². The molecule has 0 aromatic heterocycles. The van der Waals surface area contributed by atoms with Crippen LogP contribution in [-0.2, 0) is 14.3 Å². The summed E-state index contributed by atoms with van der Waals surface area (Å²) >= 11 is 5.83. The van der Waals surface area contributed by atoms with E-state index >= 15 is 0 Å². The van der Waals surface area contributed by atoms with Crippen LogP contribution in [0.15, 0.2) is 18.2 Å². The van der Waals surface area contributed by atoms with E-state index in [2.05, 4.69) is 0 Å². The number of halogens is 1. The van der Waals surface area contributed by atoms with E-state index in [1.54, 1.807) is 18.2 Å². The van der Waals surface area contributed by atoms with Crippen molar-refractivity contribution in [1.82, 2.24) is 0 Å². The summed E-state index contributed by atoms with van der Waals surface area (Å²) in [6.45, 7) is 5.12. The third-order valence-electron chi connectivity index (χ3n) is 2.32. The number of ether oxygens (including phenoxy) is 3. The van der Waals surface area contributed by atoms with Crippen LogP contribution in [0.25, 0.3) is 0 Å².